The molecule has 0 atom stereocenters. The van der Waals surface area contributed by atoms with E-state index in [0.717, 1.165) is 13.1 Å². The Morgan fingerprint density at radius 3 is 2.40 bits per heavy atom. The third-order valence-electron chi connectivity index (χ3n) is 4.59. The first kappa shape index (κ1) is 15.5. The van der Waals surface area contributed by atoms with Crippen LogP contribution in [-0.4, -0.2) is 31.6 Å². The van der Waals surface area contributed by atoms with Crippen molar-refractivity contribution in [2.24, 2.45) is 5.41 Å². The molecule has 1 aliphatic carbocycles. The molecular weight excluding hydrogens is 244 g/mol. The van der Waals surface area contributed by atoms with Gasteiger partial charge in [-0.05, 0) is 44.3 Å². The minimum atomic E-state index is 0.509. The monoisotopic (exact) mass is 274 g/mol. The molecule has 20 heavy (non-hydrogen) atoms. The quantitative estimate of drug-likeness (QED) is 0.817. The van der Waals surface area contributed by atoms with E-state index in [2.05, 4.69) is 55.4 Å². The highest BCUT2D eigenvalue weighted by Gasteiger charge is 2.34. The van der Waals surface area contributed by atoms with Crippen molar-refractivity contribution >= 4 is 0 Å². The fourth-order valence-electron chi connectivity index (χ4n) is 3.54. The molecule has 1 N–H and O–H groups in total. The number of benzene rings is 1. The third-order valence-corrected chi connectivity index (χ3v) is 4.59. The van der Waals surface area contributed by atoms with E-state index in [4.69, 9.17) is 0 Å². The smallest absolute Gasteiger partial charge is 0.0230 e. The van der Waals surface area contributed by atoms with Gasteiger partial charge in [-0.15, -0.1) is 0 Å². The van der Waals surface area contributed by atoms with Gasteiger partial charge in [0, 0.05) is 19.6 Å². The van der Waals surface area contributed by atoms with Crippen molar-refractivity contribution in [3.8, 4) is 0 Å². The van der Waals surface area contributed by atoms with Crippen LogP contribution in [0.2, 0.25) is 0 Å². The molecule has 1 aromatic carbocycles. The molecule has 1 aliphatic rings. The summed E-state index contributed by atoms with van der Waals surface area (Å²) >= 11 is 0. The molecule has 0 aromatic heterocycles. The van der Waals surface area contributed by atoms with Gasteiger partial charge in [0.2, 0.25) is 0 Å². The molecule has 1 saturated carbocycles. The van der Waals surface area contributed by atoms with E-state index in [1.807, 2.05) is 0 Å². The second kappa shape index (κ2) is 7.24. The normalized spacial score (nSPS) is 17.8. The van der Waals surface area contributed by atoms with Gasteiger partial charge in [0.1, 0.15) is 0 Å². The van der Waals surface area contributed by atoms with E-state index in [1.54, 1.807) is 0 Å². The summed E-state index contributed by atoms with van der Waals surface area (Å²) < 4.78 is 0. The lowest BCUT2D eigenvalue weighted by Gasteiger charge is -2.34. The fourth-order valence-corrected chi connectivity index (χ4v) is 3.54. The van der Waals surface area contributed by atoms with Gasteiger partial charge < -0.3 is 10.2 Å². The zero-order chi connectivity index (χ0) is 14.4. The van der Waals surface area contributed by atoms with Crippen molar-refractivity contribution in [2.45, 2.75) is 46.1 Å². The summed E-state index contributed by atoms with van der Waals surface area (Å²) in [7, 11) is 2.27. The zero-order valence-corrected chi connectivity index (χ0v) is 13.4. The largest absolute Gasteiger partial charge is 0.316 e. The molecule has 0 unspecified atom stereocenters. The summed E-state index contributed by atoms with van der Waals surface area (Å²) in [6, 6.07) is 8.95. The standard InChI is InChI=1S/C18H30N2/c1-4-19-14-18(11-5-6-12-18)15-20(3)13-17-9-7-16(2)8-10-17/h7-10,19H,4-6,11-15H2,1-3H3. The Kier molecular flexibility index (Phi) is 5.62. The molecule has 2 nitrogen and oxygen atoms in total. The minimum absolute atomic E-state index is 0.509. The van der Waals surface area contributed by atoms with Gasteiger partial charge in [0.05, 0.1) is 0 Å². The highest BCUT2D eigenvalue weighted by molar-refractivity contribution is 5.21. The number of hydrogen-bond donors (Lipinski definition) is 1. The molecule has 2 heteroatoms. The van der Waals surface area contributed by atoms with E-state index >= 15 is 0 Å². The van der Waals surface area contributed by atoms with Crippen molar-refractivity contribution in [2.75, 3.05) is 26.7 Å². The maximum absolute atomic E-state index is 3.58. The zero-order valence-electron chi connectivity index (χ0n) is 13.4. The van der Waals surface area contributed by atoms with Gasteiger partial charge in [-0.2, -0.15) is 0 Å². The summed E-state index contributed by atoms with van der Waals surface area (Å²) in [5, 5.41) is 3.58. The molecule has 0 spiro atoms. The number of aryl methyl sites for hydroxylation is 1. The Labute approximate surface area is 124 Å². The highest BCUT2D eigenvalue weighted by Crippen LogP contribution is 2.38. The lowest BCUT2D eigenvalue weighted by Crippen LogP contribution is -2.41. The van der Waals surface area contributed by atoms with E-state index in [9.17, 15) is 0 Å². The van der Waals surface area contributed by atoms with Crippen molar-refractivity contribution < 1.29 is 0 Å². The Morgan fingerprint density at radius 1 is 1.15 bits per heavy atom. The summed E-state index contributed by atoms with van der Waals surface area (Å²) in [4.78, 5) is 2.51. The molecule has 1 aromatic rings. The van der Waals surface area contributed by atoms with Crippen LogP contribution in [0.3, 0.4) is 0 Å². The summed E-state index contributed by atoms with van der Waals surface area (Å²) in [6.07, 6.45) is 5.59. The average Bonchev–Trinajstić information content (AvgIpc) is 2.88. The number of nitrogens with one attached hydrogen (secondary N) is 1. The van der Waals surface area contributed by atoms with Gasteiger partial charge in [0.25, 0.3) is 0 Å². The Bertz CT molecular complexity index is 390. The van der Waals surface area contributed by atoms with Gasteiger partial charge in [-0.3, -0.25) is 0 Å². The first-order valence-corrected chi connectivity index (χ1v) is 8.08. The molecule has 1 fully saturated rings. The van der Waals surface area contributed by atoms with Crippen LogP contribution < -0.4 is 5.32 Å². The molecule has 112 valence electrons. The molecule has 0 radical (unpaired) electrons. The third kappa shape index (κ3) is 4.32. The molecule has 0 saturated heterocycles. The summed E-state index contributed by atoms with van der Waals surface area (Å²) in [5.41, 5.74) is 3.28. The first-order valence-electron chi connectivity index (χ1n) is 8.08. The second-order valence-electron chi connectivity index (χ2n) is 6.65. The van der Waals surface area contributed by atoms with E-state index in [1.165, 1.54) is 49.9 Å². The summed E-state index contributed by atoms with van der Waals surface area (Å²) in [5.74, 6) is 0. The minimum Gasteiger partial charge on any atom is -0.316 e. The van der Waals surface area contributed by atoms with Gasteiger partial charge in [-0.25, -0.2) is 0 Å². The van der Waals surface area contributed by atoms with Crippen LogP contribution in [0.1, 0.15) is 43.7 Å². The van der Waals surface area contributed by atoms with E-state index in [0.29, 0.717) is 5.41 Å². The fraction of sp³-hybridized carbons (Fsp3) is 0.667. The van der Waals surface area contributed by atoms with Crippen molar-refractivity contribution in [3.63, 3.8) is 0 Å². The van der Waals surface area contributed by atoms with Crippen LogP contribution >= 0.6 is 0 Å². The lowest BCUT2D eigenvalue weighted by molar-refractivity contribution is 0.168. The van der Waals surface area contributed by atoms with Gasteiger partial charge >= 0.3 is 0 Å². The van der Waals surface area contributed by atoms with E-state index < -0.39 is 0 Å². The maximum Gasteiger partial charge on any atom is 0.0230 e. The van der Waals surface area contributed by atoms with Crippen LogP contribution in [0.5, 0.6) is 0 Å². The number of rotatable bonds is 7. The number of hydrogen-bond acceptors (Lipinski definition) is 2. The molecule has 0 aliphatic heterocycles. The molecular formula is C18H30N2. The highest BCUT2D eigenvalue weighted by atomic mass is 15.1. The van der Waals surface area contributed by atoms with Crippen molar-refractivity contribution in [1.82, 2.24) is 10.2 Å². The van der Waals surface area contributed by atoms with Gasteiger partial charge in [-0.1, -0.05) is 49.6 Å². The molecule has 0 amide bonds. The lowest BCUT2D eigenvalue weighted by atomic mass is 9.85. The van der Waals surface area contributed by atoms with Gasteiger partial charge in [0.15, 0.2) is 0 Å². The topological polar surface area (TPSA) is 15.3 Å². The molecule has 0 bridgehead atoms. The predicted octanol–water partition coefficient (Wildman–Crippen LogP) is 3.60. The first-order chi connectivity index (χ1) is 9.63. The van der Waals surface area contributed by atoms with Crippen LogP contribution in [0.4, 0.5) is 0 Å². The average molecular weight is 274 g/mol. The van der Waals surface area contributed by atoms with Crippen LogP contribution in [0.25, 0.3) is 0 Å². The second-order valence-corrected chi connectivity index (χ2v) is 6.65. The Hall–Kier alpha value is -0.860. The Morgan fingerprint density at radius 2 is 1.80 bits per heavy atom. The summed E-state index contributed by atoms with van der Waals surface area (Å²) in [6.45, 7) is 8.91. The van der Waals surface area contributed by atoms with Crippen molar-refractivity contribution in [3.05, 3.63) is 35.4 Å². The van der Waals surface area contributed by atoms with Crippen molar-refractivity contribution in [1.29, 1.82) is 0 Å². The Balaban J connectivity index is 1.91. The SMILES string of the molecule is CCNCC1(CN(C)Cc2ccc(C)cc2)CCCC1. The molecule has 0 heterocycles. The van der Waals surface area contributed by atoms with Crippen LogP contribution in [0.15, 0.2) is 24.3 Å². The van der Waals surface area contributed by atoms with Crippen LogP contribution in [0, 0.1) is 12.3 Å². The predicted molar refractivity (Wildman–Crippen MR) is 87.0 cm³/mol. The maximum atomic E-state index is 3.58. The van der Waals surface area contributed by atoms with Crippen LogP contribution in [-0.2, 0) is 6.54 Å². The molecule has 2 rings (SSSR count). The van der Waals surface area contributed by atoms with E-state index in [-0.39, 0.29) is 0 Å². The number of nitrogens with zero attached hydrogens (tertiary/aromatic N) is 1.